The third-order valence-electron chi connectivity index (χ3n) is 4.65. The first-order chi connectivity index (χ1) is 11.9. The number of fused-ring (bicyclic) bond motifs is 1. The van der Waals surface area contributed by atoms with Gasteiger partial charge < -0.3 is 4.74 Å². The number of ether oxygens (including phenoxy) is 1. The Morgan fingerprint density at radius 3 is 2.32 bits per heavy atom. The van der Waals surface area contributed by atoms with Crippen molar-refractivity contribution in [3.05, 3.63) is 71.3 Å². The molecule has 0 aromatic heterocycles. The molecule has 2 heteroatoms. The molecule has 0 spiro atoms. The second-order valence-electron chi connectivity index (χ2n) is 7.57. The van der Waals surface area contributed by atoms with E-state index in [4.69, 9.17) is 9.73 Å². The van der Waals surface area contributed by atoms with Crippen molar-refractivity contribution < 1.29 is 4.74 Å². The largest absolute Gasteiger partial charge is 0.469 e. The Kier molecular flexibility index (Phi) is 3.64. The van der Waals surface area contributed by atoms with E-state index in [0.717, 1.165) is 11.5 Å². The predicted molar refractivity (Wildman–Crippen MR) is 105 cm³/mol. The molecule has 4 rings (SSSR count). The molecule has 2 nitrogen and oxygen atoms in total. The van der Waals surface area contributed by atoms with Crippen LogP contribution in [0.1, 0.15) is 30.5 Å². The van der Waals surface area contributed by atoms with Crippen molar-refractivity contribution in [2.75, 3.05) is 6.54 Å². The predicted octanol–water partition coefficient (Wildman–Crippen LogP) is 5.68. The molecule has 0 saturated heterocycles. The molecule has 1 aliphatic heterocycles. The summed E-state index contributed by atoms with van der Waals surface area (Å²) in [4.78, 5) is 4.69. The van der Waals surface area contributed by atoms with Crippen molar-refractivity contribution >= 4 is 16.7 Å². The van der Waals surface area contributed by atoms with Gasteiger partial charge in [0.25, 0.3) is 0 Å². The Morgan fingerprint density at radius 2 is 1.64 bits per heavy atom. The van der Waals surface area contributed by atoms with Crippen LogP contribution >= 0.6 is 0 Å². The van der Waals surface area contributed by atoms with E-state index in [0.29, 0.717) is 6.54 Å². The maximum atomic E-state index is 6.16. The second kappa shape index (κ2) is 5.73. The summed E-state index contributed by atoms with van der Waals surface area (Å²) >= 11 is 0. The lowest BCUT2D eigenvalue weighted by Gasteiger charge is -2.20. The summed E-state index contributed by atoms with van der Waals surface area (Å²) in [6.45, 7) is 9.16. The minimum Gasteiger partial charge on any atom is -0.469 e. The van der Waals surface area contributed by atoms with Crippen molar-refractivity contribution in [3.63, 3.8) is 0 Å². The van der Waals surface area contributed by atoms with E-state index in [9.17, 15) is 0 Å². The Bertz CT molecular complexity index is 978. The summed E-state index contributed by atoms with van der Waals surface area (Å²) in [5, 5.41) is 2.47. The van der Waals surface area contributed by atoms with Gasteiger partial charge in [-0.3, -0.25) is 0 Å². The normalized spacial score (nSPS) is 15.9. The third-order valence-corrected chi connectivity index (χ3v) is 4.65. The molecule has 0 atom stereocenters. The van der Waals surface area contributed by atoms with E-state index in [1.54, 1.807) is 0 Å². The van der Waals surface area contributed by atoms with Crippen molar-refractivity contribution in [1.29, 1.82) is 0 Å². The van der Waals surface area contributed by atoms with E-state index in [1.165, 1.54) is 33.0 Å². The van der Waals surface area contributed by atoms with Crippen molar-refractivity contribution in [2.45, 2.75) is 33.3 Å². The van der Waals surface area contributed by atoms with Gasteiger partial charge in [0, 0.05) is 11.1 Å². The quantitative estimate of drug-likeness (QED) is 0.593. The van der Waals surface area contributed by atoms with Crippen LogP contribution in [0.4, 0.5) is 0 Å². The van der Waals surface area contributed by atoms with Crippen molar-refractivity contribution in [2.24, 2.45) is 4.99 Å². The van der Waals surface area contributed by atoms with Gasteiger partial charge in [0.15, 0.2) is 0 Å². The van der Waals surface area contributed by atoms with Crippen LogP contribution in [0.15, 0.2) is 59.6 Å². The SMILES string of the molecule is Cc1cc(C)cc(-c2c(C3=NCC(C)(C)O3)ccc3ccccc23)c1. The molecule has 0 saturated carbocycles. The lowest BCUT2D eigenvalue weighted by atomic mass is 9.91. The zero-order valence-corrected chi connectivity index (χ0v) is 15.3. The van der Waals surface area contributed by atoms with Crippen LogP contribution in [-0.2, 0) is 4.74 Å². The Hall–Kier alpha value is -2.61. The maximum absolute atomic E-state index is 6.16. The number of hydrogen-bond acceptors (Lipinski definition) is 2. The fourth-order valence-electron chi connectivity index (χ4n) is 3.61. The number of rotatable bonds is 2. The third kappa shape index (κ3) is 2.93. The molecule has 25 heavy (non-hydrogen) atoms. The molecule has 0 radical (unpaired) electrons. The Balaban J connectivity index is 2.01. The summed E-state index contributed by atoms with van der Waals surface area (Å²) < 4.78 is 6.16. The van der Waals surface area contributed by atoms with Gasteiger partial charge in [-0.2, -0.15) is 0 Å². The van der Waals surface area contributed by atoms with Gasteiger partial charge in [0.1, 0.15) is 5.60 Å². The maximum Gasteiger partial charge on any atom is 0.217 e. The van der Waals surface area contributed by atoms with Crippen LogP contribution < -0.4 is 0 Å². The average Bonchev–Trinajstić information content (AvgIpc) is 2.92. The summed E-state index contributed by atoms with van der Waals surface area (Å²) in [7, 11) is 0. The van der Waals surface area contributed by atoms with Crippen LogP contribution in [0.5, 0.6) is 0 Å². The molecule has 0 amide bonds. The lowest BCUT2D eigenvalue weighted by molar-refractivity contribution is 0.131. The molecule has 0 fully saturated rings. The summed E-state index contributed by atoms with van der Waals surface area (Å²) in [6.07, 6.45) is 0. The zero-order valence-electron chi connectivity index (χ0n) is 15.3. The Morgan fingerprint density at radius 1 is 0.920 bits per heavy atom. The lowest BCUT2D eigenvalue weighted by Crippen LogP contribution is -2.24. The average molecular weight is 329 g/mol. The number of aliphatic imine (C=N–C) groups is 1. The molecule has 0 N–H and O–H groups in total. The van der Waals surface area contributed by atoms with E-state index in [-0.39, 0.29) is 5.60 Å². The molecule has 3 aromatic rings. The number of benzene rings is 3. The van der Waals surface area contributed by atoms with Crippen LogP contribution in [0.25, 0.3) is 21.9 Å². The first kappa shape index (κ1) is 15.9. The van der Waals surface area contributed by atoms with Crippen LogP contribution in [0.3, 0.4) is 0 Å². The standard InChI is InChI=1S/C23H23NO/c1-15-11-16(2)13-18(12-15)21-19-8-6-5-7-17(19)9-10-20(21)22-24-14-23(3,4)25-22/h5-13H,14H2,1-4H3. The highest BCUT2D eigenvalue weighted by molar-refractivity contribution is 6.10. The molecule has 126 valence electrons. The Labute approximate surface area is 149 Å². The summed E-state index contributed by atoms with van der Waals surface area (Å²) in [5.74, 6) is 0.755. The van der Waals surface area contributed by atoms with Crippen LogP contribution in [-0.4, -0.2) is 18.0 Å². The molecule has 0 bridgehead atoms. The first-order valence-corrected chi connectivity index (χ1v) is 8.77. The minimum absolute atomic E-state index is 0.235. The van der Waals surface area contributed by atoms with Crippen molar-refractivity contribution in [1.82, 2.24) is 0 Å². The number of aryl methyl sites for hydroxylation is 2. The van der Waals surface area contributed by atoms with Gasteiger partial charge in [-0.05, 0) is 50.1 Å². The fraction of sp³-hybridized carbons (Fsp3) is 0.261. The molecular formula is C23H23NO. The highest BCUT2D eigenvalue weighted by Crippen LogP contribution is 2.35. The highest BCUT2D eigenvalue weighted by atomic mass is 16.5. The minimum atomic E-state index is -0.235. The van der Waals surface area contributed by atoms with Gasteiger partial charge in [-0.15, -0.1) is 0 Å². The van der Waals surface area contributed by atoms with E-state index in [1.807, 2.05) is 0 Å². The molecule has 3 aromatic carbocycles. The summed E-state index contributed by atoms with van der Waals surface area (Å²) in [5.41, 5.74) is 5.81. The van der Waals surface area contributed by atoms with E-state index < -0.39 is 0 Å². The fourth-order valence-corrected chi connectivity index (χ4v) is 3.61. The topological polar surface area (TPSA) is 21.6 Å². The van der Waals surface area contributed by atoms with E-state index in [2.05, 4.69) is 82.3 Å². The number of hydrogen-bond donors (Lipinski definition) is 0. The molecule has 0 aliphatic carbocycles. The van der Waals surface area contributed by atoms with Gasteiger partial charge in [-0.1, -0.05) is 59.7 Å². The zero-order chi connectivity index (χ0) is 17.6. The highest BCUT2D eigenvalue weighted by Gasteiger charge is 2.30. The smallest absolute Gasteiger partial charge is 0.217 e. The van der Waals surface area contributed by atoms with Crippen molar-refractivity contribution in [3.8, 4) is 11.1 Å². The van der Waals surface area contributed by atoms with Crippen LogP contribution in [0.2, 0.25) is 0 Å². The van der Waals surface area contributed by atoms with E-state index >= 15 is 0 Å². The van der Waals surface area contributed by atoms with Gasteiger partial charge in [-0.25, -0.2) is 4.99 Å². The summed E-state index contributed by atoms with van der Waals surface area (Å²) in [6, 6.07) is 19.5. The second-order valence-corrected chi connectivity index (χ2v) is 7.57. The molecular weight excluding hydrogens is 306 g/mol. The first-order valence-electron chi connectivity index (χ1n) is 8.77. The van der Waals surface area contributed by atoms with Crippen LogP contribution in [0, 0.1) is 13.8 Å². The number of nitrogens with zero attached hydrogens (tertiary/aromatic N) is 1. The molecule has 1 heterocycles. The van der Waals surface area contributed by atoms with Gasteiger partial charge in [0.2, 0.25) is 5.90 Å². The molecule has 1 aliphatic rings. The van der Waals surface area contributed by atoms with Gasteiger partial charge >= 0.3 is 0 Å². The molecule has 0 unspecified atom stereocenters. The van der Waals surface area contributed by atoms with Gasteiger partial charge in [0.05, 0.1) is 6.54 Å². The monoisotopic (exact) mass is 329 g/mol.